The summed E-state index contributed by atoms with van der Waals surface area (Å²) in [4.78, 5) is 32.2. The second kappa shape index (κ2) is 8.43. The van der Waals surface area contributed by atoms with Crippen molar-refractivity contribution < 1.29 is 14.0 Å². The second-order valence-corrected chi connectivity index (χ2v) is 5.94. The van der Waals surface area contributed by atoms with Gasteiger partial charge >= 0.3 is 0 Å². The Morgan fingerprint density at radius 1 is 1.12 bits per heavy atom. The van der Waals surface area contributed by atoms with Crippen LogP contribution in [0, 0.1) is 0 Å². The molecule has 1 fully saturated rings. The summed E-state index contributed by atoms with van der Waals surface area (Å²) in [6, 6.07) is 8.70. The van der Waals surface area contributed by atoms with Gasteiger partial charge in [0.15, 0.2) is 5.76 Å². The predicted molar refractivity (Wildman–Crippen MR) is 92.2 cm³/mol. The third-order valence-corrected chi connectivity index (χ3v) is 4.23. The highest BCUT2D eigenvalue weighted by Crippen LogP contribution is 2.09. The van der Waals surface area contributed by atoms with Crippen molar-refractivity contribution in [3.05, 3.63) is 54.2 Å². The van der Waals surface area contributed by atoms with Crippen LogP contribution in [0.15, 0.2) is 47.2 Å². The SMILES string of the molecule is O=C(NCCCN1CCN(C(=O)c2ccco2)CC1)c1ccccn1. The van der Waals surface area contributed by atoms with E-state index in [1.165, 1.54) is 6.26 Å². The number of hydrogen-bond donors (Lipinski definition) is 1. The van der Waals surface area contributed by atoms with Gasteiger partial charge in [0.05, 0.1) is 6.26 Å². The number of carbonyl (C=O) groups is 2. The number of aromatic nitrogens is 1. The molecular weight excluding hydrogens is 320 g/mol. The Morgan fingerprint density at radius 3 is 2.64 bits per heavy atom. The average molecular weight is 342 g/mol. The highest BCUT2D eigenvalue weighted by molar-refractivity contribution is 5.92. The Kier molecular flexibility index (Phi) is 5.79. The maximum atomic E-state index is 12.2. The predicted octanol–water partition coefficient (Wildman–Crippen LogP) is 1.25. The number of hydrogen-bond acceptors (Lipinski definition) is 5. The van der Waals surface area contributed by atoms with Gasteiger partial charge in [-0.2, -0.15) is 0 Å². The van der Waals surface area contributed by atoms with Crippen molar-refractivity contribution in [2.45, 2.75) is 6.42 Å². The highest BCUT2D eigenvalue weighted by atomic mass is 16.3. The van der Waals surface area contributed by atoms with Gasteiger partial charge in [-0.05, 0) is 37.2 Å². The Hall–Kier alpha value is -2.67. The van der Waals surface area contributed by atoms with Crippen molar-refractivity contribution in [1.82, 2.24) is 20.1 Å². The molecule has 1 saturated heterocycles. The summed E-state index contributed by atoms with van der Waals surface area (Å²) in [5.41, 5.74) is 0.438. The summed E-state index contributed by atoms with van der Waals surface area (Å²) in [7, 11) is 0. The van der Waals surface area contributed by atoms with Gasteiger partial charge in [0, 0.05) is 38.9 Å². The number of carbonyl (C=O) groups excluding carboxylic acids is 2. The smallest absolute Gasteiger partial charge is 0.289 e. The zero-order valence-corrected chi connectivity index (χ0v) is 14.1. The zero-order chi connectivity index (χ0) is 17.5. The second-order valence-electron chi connectivity index (χ2n) is 5.94. The third kappa shape index (κ3) is 4.67. The van der Waals surface area contributed by atoms with Crippen LogP contribution >= 0.6 is 0 Å². The molecular formula is C18H22N4O3. The average Bonchev–Trinajstić information content (AvgIpc) is 3.20. The van der Waals surface area contributed by atoms with Crippen LogP contribution < -0.4 is 5.32 Å². The summed E-state index contributed by atoms with van der Waals surface area (Å²) in [5, 5.41) is 2.88. The van der Waals surface area contributed by atoms with Gasteiger partial charge in [-0.1, -0.05) is 6.07 Å². The fourth-order valence-electron chi connectivity index (χ4n) is 2.82. The van der Waals surface area contributed by atoms with Crippen LogP contribution in [0.2, 0.25) is 0 Å². The summed E-state index contributed by atoms with van der Waals surface area (Å²) in [6.07, 6.45) is 3.99. The lowest BCUT2D eigenvalue weighted by molar-refractivity contribution is 0.0604. The molecule has 132 valence electrons. The van der Waals surface area contributed by atoms with Gasteiger partial charge in [-0.3, -0.25) is 19.5 Å². The van der Waals surface area contributed by atoms with Crippen molar-refractivity contribution in [1.29, 1.82) is 0 Å². The first-order valence-corrected chi connectivity index (χ1v) is 8.48. The Bertz CT molecular complexity index is 680. The monoisotopic (exact) mass is 342 g/mol. The number of furan rings is 1. The molecule has 1 N–H and O–H groups in total. The van der Waals surface area contributed by atoms with Gasteiger partial charge in [-0.15, -0.1) is 0 Å². The van der Waals surface area contributed by atoms with Gasteiger partial charge in [0.2, 0.25) is 0 Å². The number of nitrogens with zero attached hydrogens (tertiary/aromatic N) is 3. The van der Waals surface area contributed by atoms with Crippen molar-refractivity contribution in [2.24, 2.45) is 0 Å². The molecule has 2 amide bonds. The van der Waals surface area contributed by atoms with Gasteiger partial charge in [0.1, 0.15) is 5.69 Å². The lowest BCUT2D eigenvalue weighted by Gasteiger charge is -2.34. The van der Waals surface area contributed by atoms with E-state index >= 15 is 0 Å². The zero-order valence-electron chi connectivity index (χ0n) is 14.1. The molecule has 0 aromatic carbocycles. The fraction of sp³-hybridized carbons (Fsp3) is 0.389. The fourth-order valence-corrected chi connectivity index (χ4v) is 2.82. The van der Waals surface area contributed by atoms with Crippen molar-refractivity contribution in [2.75, 3.05) is 39.3 Å². The Balaban J connectivity index is 1.33. The molecule has 0 radical (unpaired) electrons. The van der Waals surface area contributed by atoms with Crippen LogP contribution in [-0.2, 0) is 0 Å². The highest BCUT2D eigenvalue weighted by Gasteiger charge is 2.23. The number of piperazine rings is 1. The molecule has 0 saturated carbocycles. The van der Waals surface area contributed by atoms with E-state index in [9.17, 15) is 9.59 Å². The lowest BCUT2D eigenvalue weighted by atomic mass is 10.2. The van der Waals surface area contributed by atoms with Gasteiger partial charge in [0.25, 0.3) is 11.8 Å². The number of pyridine rings is 1. The van der Waals surface area contributed by atoms with Gasteiger partial charge in [-0.25, -0.2) is 0 Å². The summed E-state index contributed by atoms with van der Waals surface area (Å²) in [6.45, 7) is 4.56. The van der Waals surface area contributed by atoms with E-state index in [-0.39, 0.29) is 11.8 Å². The molecule has 0 spiro atoms. The molecule has 7 heteroatoms. The van der Waals surface area contributed by atoms with E-state index in [4.69, 9.17) is 4.42 Å². The quantitative estimate of drug-likeness (QED) is 0.800. The molecule has 0 unspecified atom stereocenters. The molecule has 3 heterocycles. The first-order valence-electron chi connectivity index (χ1n) is 8.48. The molecule has 3 rings (SSSR count). The first kappa shape index (κ1) is 17.2. The first-order chi connectivity index (χ1) is 12.2. The summed E-state index contributed by atoms with van der Waals surface area (Å²) in [5.74, 6) is 0.201. The number of amides is 2. The number of rotatable bonds is 6. The standard InChI is InChI=1S/C18H22N4O3/c23-17(15-5-1-2-7-19-15)20-8-4-9-21-10-12-22(13-11-21)18(24)16-6-3-14-25-16/h1-3,5-7,14H,4,8-13H2,(H,20,23). The van der Waals surface area contributed by atoms with E-state index in [0.29, 0.717) is 31.1 Å². The number of nitrogens with one attached hydrogen (secondary N) is 1. The molecule has 1 aliphatic heterocycles. The molecule has 25 heavy (non-hydrogen) atoms. The molecule has 2 aromatic rings. The van der Waals surface area contributed by atoms with Crippen LogP contribution in [-0.4, -0.2) is 65.9 Å². The maximum Gasteiger partial charge on any atom is 0.289 e. The van der Waals surface area contributed by atoms with E-state index in [0.717, 1.165) is 26.1 Å². The van der Waals surface area contributed by atoms with E-state index in [1.54, 1.807) is 36.5 Å². The van der Waals surface area contributed by atoms with Crippen LogP contribution in [0.4, 0.5) is 0 Å². The van der Waals surface area contributed by atoms with E-state index < -0.39 is 0 Å². The molecule has 7 nitrogen and oxygen atoms in total. The maximum absolute atomic E-state index is 12.2. The third-order valence-electron chi connectivity index (χ3n) is 4.23. The Labute approximate surface area is 146 Å². The molecule has 1 aliphatic rings. The van der Waals surface area contributed by atoms with E-state index in [2.05, 4.69) is 15.2 Å². The van der Waals surface area contributed by atoms with Crippen LogP contribution in [0.1, 0.15) is 27.5 Å². The van der Waals surface area contributed by atoms with Crippen molar-refractivity contribution in [3.8, 4) is 0 Å². The molecule has 0 aliphatic carbocycles. The van der Waals surface area contributed by atoms with Crippen molar-refractivity contribution in [3.63, 3.8) is 0 Å². The minimum absolute atomic E-state index is 0.0488. The summed E-state index contributed by atoms with van der Waals surface area (Å²) < 4.78 is 5.16. The van der Waals surface area contributed by atoms with E-state index in [1.807, 2.05) is 4.90 Å². The summed E-state index contributed by atoms with van der Waals surface area (Å²) >= 11 is 0. The lowest BCUT2D eigenvalue weighted by Crippen LogP contribution is -2.49. The van der Waals surface area contributed by atoms with Gasteiger partial charge < -0.3 is 14.6 Å². The molecule has 0 bridgehead atoms. The normalized spacial score (nSPS) is 15.1. The van der Waals surface area contributed by atoms with Crippen molar-refractivity contribution >= 4 is 11.8 Å². The topological polar surface area (TPSA) is 78.7 Å². The largest absolute Gasteiger partial charge is 0.459 e. The minimum atomic E-state index is -0.144. The Morgan fingerprint density at radius 2 is 1.96 bits per heavy atom. The van der Waals surface area contributed by atoms with Crippen LogP contribution in [0.3, 0.4) is 0 Å². The molecule has 0 atom stereocenters. The minimum Gasteiger partial charge on any atom is -0.459 e. The molecule has 2 aromatic heterocycles. The van der Waals surface area contributed by atoms with Crippen LogP contribution in [0.5, 0.6) is 0 Å². The van der Waals surface area contributed by atoms with Crippen LogP contribution in [0.25, 0.3) is 0 Å².